The molecule has 0 saturated carbocycles. The summed E-state index contributed by atoms with van der Waals surface area (Å²) < 4.78 is 7.39. The molecule has 2 rings (SSSR count). The predicted octanol–water partition coefficient (Wildman–Crippen LogP) is 4.03. The molecule has 4 nitrogen and oxygen atoms in total. The summed E-state index contributed by atoms with van der Waals surface area (Å²) in [6.07, 6.45) is 4.14. The van der Waals surface area contributed by atoms with Crippen molar-refractivity contribution in [2.24, 2.45) is 0 Å². The Labute approximate surface area is 130 Å². The number of benzene rings is 1. The van der Waals surface area contributed by atoms with Crippen molar-refractivity contribution in [2.75, 3.05) is 12.9 Å². The van der Waals surface area contributed by atoms with Crippen LogP contribution in [0, 0.1) is 0 Å². The van der Waals surface area contributed by atoms with Crippen LogP contribution in [0.2, 0.25) is 0 Å². The third-order valence-electron chi connectivity index (χ3n) is 3.13. The highest BCUT2D eigenvalue weighted by Crippen LogP contribution is 2.26. The first kappa shape index (κ1) is 15.6. The van der Waals surface area contributed by atoms with Crippen LogP contribution in [0.3, 0.4) is 0 Å². The van der Waals surface area contributed by atoms with Crippen molar-refractivity contribution in [3.05, 3.63) is 36.9 Å². The van der Waals surface area contributed by atoms with Crippen LogP contribution < -0.4 is 4.74 Å². The van der Waals surface area contributed by atoms with Gasteiger partial charge in [0.15, 0.2) is 11.0 Å². The number of hydrogen-bond donors (Lipinski definition) is 0. The molecule has 0 radical (unpaired) electrons. The van der Waals surface area contributed by atoms with E-state index in [1.807, 2.05) is 30.3 Å². The monoisotopic (exact) mass is 303 g/mol. The van der Waals surface area contributed by atoms with Crippen LogP contribution in [0.5, 0.6) is 5.75 Å². The van der Waals surface area contributed by atoms with E-state index in [1.165, 1.54) is 0 Å². The minimum absolute atomic E-state index is 0.840. The molecular weight excluding hydrogens is 282 g/mol. The topological polar surface area (TPSA) is 39.9 Å². The van der Waals surface area contributed by atoms with E-state index in [4.69, 9.17) is 4.74 Å². The number of thioether (sulfide) groups is 1. The first-order chi connectivity index (χ1) is 10.3. The highest BCUT2D eigenvalue weighted by molar-refractivity contribution is 7.99. The Kier molecular flexibility index (Phi) is 5.87. The van der Waals surface area contributed by atoms with E-state index < -0.39 is 0 Å². The Morgan fingerprint density at radius 1 is 1.29 bits per heavy atom. The van der Waals surface area contributed by atoms with E-state index in [0.717, 1.165) is 47.4 Å². The average molecular weight is 303 g/mol. The van der Waals surface area contributed by atoms with Crippen molar-refractivity contribution in [1.29, 1.82) is 0 Å². The summed E-state index contributed by atoms with van der Waals surface area (Å²) in [5.74, 6) is 2.60. The number of aromatic nitrogens is 3. The van der Waals surface area contributed by atoms with Crippen LogP contribution in [0.4, 0.5) is 0 Å². The van der Waals surface area contributed by atoms with Gasteiger partial charge in [-0.15, -0.1) is 16.8 Å². The van der Waals surface area contributed by atoms with Crippen LogP contribution in [0.25, 0.3) is 11.4 Å². The van der Waals surface area contributed by atoms with Gasteiger partial charge in [-0.2, -0.15) is 0 Å². The molecule has 0 amide bonds. The molecular formula is C16H21N3OS. The zero-order chi connectivity index (χ0) is 15.1. The fourth-order valence-electron chi connectivity index (χ4n) is 2.00. The van der Waals surface area contributed by atoms with Crippen LogP contribution >= 0.6 is 11.8 Å². The molecule has 0 atom stereocenters. The zero-order valence-corrected chi connectivity index (χ0v) is 13.4. The Morgan fingerprint density at radius 2 is 2.05 bits per heavy atom. The molecule has 0 bridgehead atoms. The van der Waals surface area contributed by atoms with Gasteiger partial charge in [0.05, 0.1) is 7.11 Å². The molecule has 0 spiro atoms. The number of hydrogen-bond acceptors (Lipinski definition) is 4. The average Bonchev–Trinajstić information content (AvgIpc) is 2.93. The minimum atomic E-state index is 0.840. The largest absolute Gasteiger partial charge is 0.497 e. The van der Waals surface area contributed by atoms with Crippen molar-refractivity contribution in [1.82, 2.24) is 14.8 Å². The predicted molar refractivity (Wildman–Crippen MR) is 87.8 cm³/mol. The maximum atomic E-state index is 5.20. The summed E-state index contributed by atoms with van der Waals surface area (Å²) in [6, 6.07) is 7.94. The Hall–Kier alpha value is -1.75. The van der Waals surface area contributed by atoms with E-state index >= 15 is 0 Å². The van der Waals surface area contributed by atoms with Crippen molar-refractivity contribution < 1.29 is 4.74 Å². The van der Waals surface area contributed by atoms with Crippen LogP contribution in [-0.4, -0.2) is 27.6 Å². The van der Waals surface area contributed by atoms with Crippen molar-refractivity contribution in [2.45, 2.75) is 31.5 Å². The molecule has 0 N–H and O–H groups in total. The molecule has 0 fully saturated rings. The fourth-order valence-corrected chi connectivity index (χ4v) is 2.70. The standard InChI is InChI=1S/C16H21N3OS/c1-4-6-11-19-15(17-18-16(19)21-12-5-2)13-7-9-14(20-3)10-8-13/h5,7-10H,2,4,6,11-12H2,1,3H3. The lowest BCUT2D eigenvalue weighted by Crippen LogP contribution is -2.02. The number of nitrogens with zero attached hydrogens (tertiary/aromatic N) is 3. The van der Waals surface area contributed by atoms with Crippen LogP contribution in [-0.2, 0) is 6.54 Å². The molecule has 21 heavy (non-hydrogen) atoms. The second-order valence-electron chi connectivity index (χ2n) is 4.64. The number of unbranched alkanes of at least 4 members (excludes halogenated alkanes) is 1. The molecule has 0 aliphatic heterocycles. The molecule has 2 aromatic rings. The summed E-state index contributed by atoms with van der Waals surface area (Å²) in [5.41, 5.74) is 1.06. The fraction of sp³-hybridized carbons (Fsp3) is 0.375. The number of rotatable bonds is 8. The van der Waals surface area contributed by atoms with E-state index in [9.17, 15) is 0 Å². The number of ether oxygens (including phenoxy) is 1. The van der Waals surface area contributed by atoms with Gasteiger partial charge in [-0.3, -0.25) is 0 Å². The molecule has 0 aliphatic rings. The highest BCUT2D eigenvalue weighted by Gasteiger charge is 2.13. The molecule has 112 valence electrons. The summed E-state index contributed by atoms with van der Waals surface area (Å²) in [5, 5.41) is 9.64. The van der Waals surface area contributed by atoms with E-state index in [0.29, 0.717) is 0 Å². The first-order valence-corrected chi connectivity index (χ1v) is 8.10. The van der Waals surface area contributed by atoms with Crippen molar-refractivity contribution in [3.63, 3.8) is 0 Å². The van der Waals surface area contributed by atoms with Crippen LogP contribution in [0.1, 0.15) is 19.8 Å². The van der Waals surface area contributed by atoms with Gasteiger partial charge in [0, 0.05) is 17.9 Å². The Bertz CT molecular complexity index is 578. The minimum Gasteiger partial charge on any atom is -0.497 e. The molecule has 0 saturated heterocycles. The van der Waals surface area contributed by atoms with Gasteiger partial charge in [0.25, 0.3) is 0 Å². The van der Waals surface area contributed by atoms with Gasteiger partial charge in [-0.05, 0) is 30.7 Å². The van der Waals surface area contributed by atoms with Gasteiger partial charge in [0.1, 0.15) is 5.75 Å². The second-order valence-corrected chi connectivity index (χ2v) is 5.63. The van der Waals surface area contributed by atoms with Gasteiger partial charge in [0.2, 0.25) is 0 Å². The van der Waals surface area contributed by atoms with E-state index in [2.05, 4.69) is 28.3 Å². The van der Waals surface area contributed by atoms with Gasteiger partial charge in [-0.1, -0.05) is 31.2 Å². The lowest BCUT2D eigenvalue weighted by atomic mass is 10.2. The SMILES string of the molecule is C=CCSc1nnc(-c2ccc(OC)cc2)n1CCCC. The second kappa shape index (κ2) is 7.88. The summed E-state index contributed by atoms with van der Waals surface area (Å²) in [4.78, 5) is 0. The van der Waals surface area contributed by atoms with E-state index in [-0.39, 0.29) is 0 Å². The summed E-state index contributed by atoms with van der Waals surface area (Å²) >= 11 is 1.67. The molecule has 1 aromatic heterocycles. The maximum Gasteiger partial charge on any atom is 0.191 e. The third kappa shape index (κ3) is 3.88. The van der Waals surface area contributed by atoms with Crippen molar-refractivity contribution >= 4 is 11.8 Å². The first-order valence-electron chi connectivity index (χ1n) is 7.11. The number of methoxy groups -OCH3 is 1. The molecule has 0 aliphatic carbocycles. The zero-order valence-electron chi connectivity index (χ0n) is 12.6. The molecule has 5 heteroatoms. The van der Waals surface area contributed by atoms with Crippen LogP contribution in [0.15, 0.2) is 42.1 Å². The molecule has 1 heterocycles. The van der Waals surface area contributed by atoms with Gasteiger partial charge in [-0.25, -0.2) is 0 Å². The Balaban J connectivity index is 2.31. The Morgan fingerprint density at radius 3 is 2.67 bits per heavy atom. The van der Waals surface area contributed by atoms with Gasteiger partial charge < -0.3 is 9.30 Å². The third-order valence-corrected chi connectivity index (χ3v) is 4.09. The quantitative estimate of drug-likeness (QED) is 0.545. The summed E-state index contributed by atoms with van der Waals surface area (Å²) in [6.45, 7) is 6.88. The van der Waals surface area contributed by atoms with Gasteiger partial charge >= 0.3 is 0 Å². The normalized spacial score (nSPS) is 10.6. The summed E-state index contributed by atoms with van der Waals surface area (Å²) in [7, 11) is 1.67. The highest BCUT2D eigenvalue weighted by atomic mass is 32.2. The van der Waals surface area contributed by atoms with E-state index in [1.54, 1.807) is 18.9 Å². The maximum absolute atomic E-state index is 5.20. The lowest BCUT2D eigenvalue weighted by molar-refractivity contribution is 0.415. The van der Waals surface area contributed by atoms with Crippen molar-refractivity contribution in [3.8, 4) is 17.1 Å². The molecule has 1 aromatic carbocycles. The smallest absolute Gasteiger partial charge is 0.191 e. The molecule has 0 unspecified atom stereocenters. The lowest BCUT2D eigenvalue weighted by Gasteiger charge is -2.09.